The molecule has 2 heterocycles. The van der Waals surface area contributed by atoms with E-state index in [1.165, 1.54) is 12.3 Å². The summed E-state index contributed by atoms with van der Waals surface area (Å²) in [6, 6.07) is 5.70. The Morgan fingerprint density at radius 1 is 0.939 bits per heavy atom. The number of rotatable bonds is 9. The van der Waals surface area contributed by atoms with Crippen LogP contribution in [0, 0.1) is 11.6 Å². The first-order chi connectivity index (χ1) is 15.6. The molecule has 3 rings (SSSR count). The van der Waals surface area contributed by atoms with Crippen molar-refractivity contribution in [3.8, 4) is 11.4 Å². The summed E-state index contributed by atoms with van der Waals surface area (Å²) in [7, 11) is 3.89. The van der Waals surface area contributed by atoms with E-state index < -0.39 is 23.4 Å². The van der Waals surface area contributed by atoms with Gasteiger partial charge in [0.05, 0.1) is 5.56 Å². The molecule has 2 aromatic heterocycles. The first-order valence-corrected chi connectivity index (χ1v) is 10.1. The fraction of sp³-hybridized carbons (Fsp3) is 0.318. The van der Waals surface area contributed by atoms with Crippen LogP contribution in [0.2, 0.25) is 0 Å². The van der Waals surface area contributed by atoms with Crippen LogP contribution >= 0.6 is 0 Å². The average Bonchev–Trinajstić information content (AvgIpc) is 2.75. The van der Waals surface area contributed by atoms with Crippen LogP contribution in [0.1, 0.15) is 17.5 Å². The molecule has 0 spiro atoms. The normalized spacial score (nSPS) is 11.6. The summed E-state index contributed by atoms with van der Waals surface area (Å²) < 4.78 is 66.4. The predicted molar refractivity (Wildman–Crippen MR) is 116 cm³/mol. The maximum absolute atomic E-state index is 14.0. The Bertz CT molecular complexity index is 1090. The molecule has 0 aliphatic rings. The Morgan fingerprint density at radius 3 is 2.33 bits per heavy atom. The number of pyridine rings is 1. The minimum atomic E-state index is -4.56. The summed E-state index contributed by atoms with van der Waals surface area (Å²) in [6.45, 7) is 1.39. The van der Waals surface area contributed by atoms with Crippen molar-refractivity contribution < 1.29 is 22.0 Å². The molecule has 33 heavy (non-hydrogen) atoms. The van der Waals surface area contributed by atoms with Crippen LogP contribution in [0.5, 0.6) is 0 Å². The Balaban J connectivity index is 1.87. The van der Waals surface area contributed by atoms with E-state index >= 15 is 0 Å². The maximum Gasteiger partial charge on any atom is 0.417 e. The molecule has 0 fully saturated rings. The Morgan fingerprint density at radius 2 is 1.67 bits per heavy atom. The molecule has 0 aliphatic heterocycles. The van der Waals surface area contributed by atoms with Gasteiger partial charge < -0.3 is 15.5 Å². The van der Waals surface area contributed by atoms with Crippen molar-refractivity contribution in [2.75, 3.05) is 37.8 Å². The zero-order valence-corrected chi connectivity index (χ0v) is 18.0. The van der Waals surface area contributed by atoms with Crippen LogP contribution in [0.3, 0.4) is 0 Å². The van der Waals surface area contributed by atoms with E-state index in [9.17, 15) is 22.0 Å². The zero-order valence-electron chi connectivity index (χ0n) is 18.0. The quantitative estimate of drug-likeness (QED) is 0.349. The van der Waals surface area contributed by atoms with Crippen molar-refractivity contribution in [3.63, 3.8) is 0 Å². The molecule has 2 N–H and O–H groups in total. The Hall–Kier alpha value is -3.34. The summed E-state index contributed by atoms with van der Waals surface area (Å²) in [6.07, 6.45) is -1.79. The van der Waals surface area contributed by atoms with E-state index in [-0.39, 0.29) is 29.3 Å². The number of alkyl halides is 3. The molecule has 0 saturated heterocycles. The van der Waals surface area contributed by atoms with Gasteiger partial charge in [0.15, 0.2) is 5.82 Å². The first-order valence-electron chi connectivity index (χ1n) is 10.1. The lowest BCUT2D eigenvalue weighted by Crippen LogP contribution is -2.17. The fourth-order valence-corrected chi connectivity index (χ4v) is 2.94. The van der Waals surface area contributed by atoms with E-state index in [1.807, 2.05) is 19.0 Å². The van der Waals surface area contributed by atoms with Crippen molar-refractivity contribution in [1.82, 2.24) is 19.9 Å². The predicted octanol–water partition coefficient (Wildman–Crippen LogP) is 4.81. The van der Waals surface area contributed by atoms with Crippen LogP contribution < -0.4 is 10.6 Å². The summed E-state index contributed by atoms with van der Waals surface area (Å²) in [5.74, 6) is -0.745. The molecule has 1 aromatic carbocycles. The van der Waals surface area contributed by atoms with Gasteiger partial charge in [-0.15, -0.1) is 0 Å². The lowest BCUT2D eigenvalue weighted by Gasteiger charge is -2.14. The number of hydrogen-bond acceptors (Lipinski definition) is 6. The summed E-state index contributed by atoms with van der Waals surface area (Å²) >= 11 is 0. The molecule has 0 saturated carbocycles. The molecule has 0 bridgehead atoms. The van der Waals surface area contributed by atoms with Crippen LogP contribution in [-0.4, -0.2) is 47.0 Å². The first kappa shape index (κ1) is 24.3. The molecule has 176 valence electrons. The van der Waals surface area contributed by atoms with Crippen molar-refractivity contribution in [2.24, 2.45) is 0 Å². The average molecular weight is 466 g/mol. The van der Waals surface area contributed by atoms with Gasteiger partial charge in [-0.3, -0.25) is 4.98 Å². The minimum absolute atomic E-state index is 0.0104. The number of aromatic nitrogens is 3. The molecule has 3 aromatic rings. The fourth-order valence-electron chi connectivity index (χ4n) is 2.94. The SMILES string of the molecule is CN(C)CCCNc1cc(NCc2ccc(F)cc2F)nc(-c2cncc(C(F)(F)F)c2)n1. The van der Waals surface area contributed by atoms with Gasteiger partial charge in [-0.25, -0.2) is 18.7 Å². The summed E-state index contributed by atoms with van der Waals surface area (Å²) in [4.78, 5) is 14.3. The number of nitrogens with zero attached hydrogens (tertiary/aromatic N) is 4. The molecule has 0 atom stereocenters. The monoisotopic (exact) mass is 466 g/mol. The zero-order chi connectivity index (χ0) is 24.0. The highest BCUT2D eigenvalue weighted by Crippen LogP contribution is 2.31. The number of anilines is 2. The second-order valence-corrected chi connectivity index (χ2v) is 7.59. The highest BCUT2D eigenvalue weighted by molar-refractivity contribution is 5.61. The standard InChI is InChI=1S/C22H23F5N6/c1-33(2)7-3-6-29-19-10-20(30-12-14-4-5-17(23)9-18(14)24)32-21(31-19)15-8-16(13-28-11-15)22(25,26)27/h4-5,8-11,13H,3,6-7,12H2,1-2H3,(H2,29,30,31,32). The van der Waals surface area contributed by atoms with Gasteiger partial charge >= 0.3 is 6.18 Å². The van der Waals surface area contributed by atoms with Gasteiger partial charge in [0.25, 0.3) is 0 Å². The van der Waals surface area contributed by atoms with Crippen LogP contribution in [-0.2, 0) is 12.7 Å². The number of nitrogens with one attached hydrogen (secondary N) is 2. The van der Waals surface area contributed by atoms with Crippen molar-refractivity contribution in [1.29, 1.82) is 0 Å². The molecule has 0 radical (unpaired) electrons. The smallest absolute Gasteiger partial charge is 0.370 e. The molecule has 11 heteroatoms. The second kappa shape index (κ2) is 10.5. The third-order valence-electron chi connectivity index (χ3n) is 4.61. The molecular weight excluding hydrogens is 443 g/mol. The van der Waals surface area contributed by atoms with Crippen molar-refractivity contribution in [3.05, 3.63) is 65.5 Å². The largest absolute Gasteiger partial charge is 0.417 e. The maximum atomic E-state index is 14.0. The number of hydrogen-bond donors (Lipinski definition) is 2. The molecule has 0 aliphatic carbocycles. The topological polar surface area (TPSA) is 66.0 Å². The second-order valence-electron chi connectivity index (χ2n) is 7.59. The lowest BCUT2D eigenvalue weighted by atomic mass is 10.2. The van der Waals surface area contributed by atoms with Crippen LogP contribution in [0.4, 0.5) is 33.6 Å². The van der Waals surface area contributed by atoms with E-state index in [4.69, 9.17) is 0 Å². The number of benzene rings is 1. The van der Waals surface area contributed by atoms with Gasteiger partial charge in [-0.1, -0.05) is 6.07 Å². The van der Waals surface area contributed by atoms with Gasteiger partial charge in [0.2, 0.25) is 0 Å². The van der Waals surface area contributed by atoms with E-state index in [0.717, 1.165) is 37.4 Å². The van der Waals surface area contributed by atoms with Crippen LogP contribution in [0.15, 0.2) is 42.7 Å². The molecular formula is C22H23F5N6. The van der Waals surface area contributed by atoms with Gasteiger partial charge in [0.1, 0.15) is 23.3 Å². The Kier molecular flexibility index (Phi) is 7.75. The van der Waals surface area contributed by atoms with Crippen LogP contribution in [0.25, 0.3) is 11.4 Å². The van der Waals surface area contributed by atoms with Crippen molar-refractivity contribution in [2.45, 2.75) is 19.1 Å². The number of halogens is 5. The third-order valence-corrected chi connectivity index (χ3v) is 4.61. The Labute approximate surface area is 187 Å². The van der Waals surface area contributed by atoms with Gasteiger partial charge in [0, 0.05) is 48.7 Å². The van der Waals surface area contributed by atoms with Crippen molar-refractivity contribution >= 4 is 11.6 Å². The van der Waals surface area contributed by atoms with E-state index in [0.29, 0.717) is 12.4 Å². The molecule has 0 unspecified atom stereocenters. The third kappa shape index (κ3) is 7.07. The molecule has 0 amide bonds. The van der Waals surface area contributed by atoms with E-state index in [2.05, 4.69) is 25.6 Å². The highest BCUT2D eigenvalue weighted by Gasteiger charge is 2.31. The molecule has 6 nitrogen and oxygen atoms in total. The summed E-state index contributed by atoms with van der Waals surface area (Å²) in [5, 5.41) is 6.05. The van der Waals surface area contributed by atoms with Gasteiger partial charge in [-0.05, 0) is 39.2 Å². The minimum Gasteiger partial charge on any atom is -0.370 e. The highest BCUT2D eigenvalue weighted by atomic mass is 19.4. The van der Waals surface area contributed by atoms with E-state index in [1.54, 1.807) is 6.07 Å². The summed E-state index contributed by atoms with van der Waals surface area (Å²) in [5.41, 5.74) is -0.633. The van der Waals surface area contributed by atoms with Gasteiger partial charge in [-0.2, -0.15) is 13.2 Å². The lowest BCUT2D eigenvalue weighted by molar-refractivity contribution is -0.137.